The maximum absolute atomic E-state index is 10.9. The van der Waals surface area contributed by atoms with Gasteiger partial charge in [-0.1, -0.05) is 29.4 Å². The van der Waals surface area contributed by atoms with Crippen molar-refractivity contribution in [3.8, 4) is 5.75 Å². The molecule has 2 aromatic carbocycles. The molecule has 0 radical (unpaired) electrons. The topological polar surface area (TPSA) is 68.1 Å². The Kier molecular flexibility index (Phi) is 3.02. The predicted molar refractivity (Wildman–Crippen MR) is 74.2 cm³/mol. The normalized spacial score (nSPS) is 17.6. The third-order valence-corrected chi connectivity index (χ3v) is 3.36. The highest BCUT2D eigenvalue weighted by molar-refractivity contribution is 6.13. The Hall–Kier alpha value is -2.56. The number of hydrogen-bond acceptors (Lipinski definition) is 4. The predicted octanol–water partition coefficient (Wildman–Crippen LogP) is 2.43. The standard InChI is InChI=1S/C15H13NO4/c1-19-13-7-6-10(9-4-2-3-5-11(9)13)12-8-14(15(17)18)20-16-12/h2-7,14H,8H2,1H3,(H,17,18). The third kappa shape index (κ3) is 1.97. The largest absolute Gasteiger partial charge is 0.496 e. The minimum atomic E-state index is -0.999. The van der Waals surface area contributed by atoms with E-state index in [0.29, 0.717) is 5.71 Å². The number of carboxylic acids is 1. The Morgan fingerprint density at radius 2 is 2.05 bits per heavy atom. The number of methoxy groups -OCH3 is 1. The van der Waals surface area contributed by atoms with Crippen molar-refractivity contribution >= 4 is 22.5 Å². The second-order valence-corrected chi connectivity index (χ2v) is 4.54. The van der Waals surface area contributed by atoms with Gasteiger partial charge in [-0.3, -0.25) is 0 Å². The lowest BCUT2D eigenvalue weighted by Crippen LogP contribution is -2.19. The highest BCUT2D eigenvalue weighted by Crippen LogP contribution is 2.30. The van der Waals surface area contributed by atoms with Gasteiger partial charge >= 0.3 is 5.97 Å². The van der Waals surface area contributed by atoms with Crippen molar-refractivity contribution in [3.05, 3.63) is 42.0 Å². The van der Waals surface area contributed by atoms with Crippen LogP contribution in [0, 0.1) is 0 Å². The van der Waals surface area contributed by atoms with E-state index in [4.69, 9.17) is 14.7 Å². The van der Waals surface area contributed by atoms with E-state index in [2.05, 4.69) is 5.16 Å². The Morgan fingerprint density at radius 3 is 2.70 bits per heavy atom. The molecular formula is C15H13NO4. The van der Waals surface area contributed by atoms with E-state index in [1.54, 1.807) is 7.11 Å². The van der Waals surface area contributed by atoms with E-state index in [-0.39, 0.29) is 6.42 Å². The van der Waals surface area contributed by atoms with Gasteiger partial charge in [0.2, 0.25) is 6.10 Å². The first-order valence-electron chi connectivity index (χ1n) is 6.22. The maximum atomic E-state index is 10.9. The summed E-state index contributed by atoms with van der Waals surface area (Å²) >= 11 is 0. The monoisotopic (exact) mass is 271 g/mol. The molecule has 0 aromatic heterocycles. The number of oxime groups is 1. The molecule has 1 aliphatic rings. The Morgan fingerprint density at radius 1 is 1.30 bits per heavy atom. The first kappa shape index (κ1) is 12.5. The lowest BCUT2D eigenvalue weighted by atomic mass is 9.97. The van der Waals surface area contributed by atoms with E-state index >= 15 is 0 Å². The second-order valence-electron chi connectivity index (χ2n) is 4.54. The molecule has 0 bridgehead atoms. The van der Waals surface area contributed by atoms with Gasteiger partial charge < -0.3 is 14.7 Å². The van der Waals surface area contributed by atoms with Crippen LogP contribution in [0.2, 0.25) is 0 Å². The van der Waals surface area contributed by atoms with Crippen LogP contribution < -0.4 is 4.74 Å². The zero-order valence-corrected chi connectivity index (χ0v) is 10.9. The van der Waals surface area contributed by atoms with Gasteiger partial charge in [0.15, 0.2) is 0 Å². The molecule has 1 heterocycles. The minimum Gasteiger partial charge on any atom is -0.496 e. The minimum absolute atomic E-state index is 0.270. The highest BCUT2D eigenvalue weighted by Gasteiger charge is 2.29. The van der Waals surface area contributed by atoms with Crippen LogP contribution >= 0.6 is 0 Å². The fourth-order valence-corrected chi connectivity index (χ4v) is 2.37. The van der Waals surface area contributed by atoms with Gasteiger partial charge in [-0.25, -0.2) is 4.79 Å². The van der Waals surface area contributed by atoms with Gasteiger partial charge in [0.05, 0.1) is 12.8 Å². The average Bonchev–Trinajstić information content (AvgIpc) is 2.96. The van der Waals surface area contributed by atoms with Crippen molar-refractivity contribution in [2.24, 2.45) is 5.16 Å². The highest BCUT2D eigenvalue weighted by atomic mass is 16.7. The number of aliphatic carboxylic acids is 1. The van der Waals surface area contributed by atoms with Crippen molar-refractivity contribution in [2.45, 2.75) is 12.5 Å². The molecular weight excluding hydrogens is 258 g/mol. The molecule has 1 N–H and O–H groups in total. The van der Waals surface area contributed by atoms with Crippen LogP contribution in [0.3, 0.4) is 0 Å². The number of carbonyl (C=O) groups is 1. The molecule has 2 aromatic rings. The van der Waals surface area contributed by atoms with Crippen molar-refractivity contribution in [2.75, 3.05) is 7.11 Å². The smallest absolute Gasteiger partial charge is 0.348 e. The van der Waals surface area contributed by atoms with Crippen molar-refractivity contribution < 1.29 is 19.5 Å². The summed E-state index contributed by atoms with van der Waals surface area (Å²) in [6, 6.07) is 11.5. The molecule has 5 nitrogen and oxygen atoms in total. The molecule has 20 heavy (non-hydrogen) atoms. The average molecular weight is 271 g/mol. The molecule has 1 atom stereocenters. The molecule has 102 valence electrons. The molecule has 1 aliphatic heterocycles. The molecule has 0 amide bonds. The van der Waals surface area contributed by atoms with Crippen LogP contribution in [0.5, 0.6) is 5.75 Å². The van der Waals surface area contributed by atoms with Gasteiger partial charge in [0, 0.05) is 17.4 Å². The van der Waals surface area contributed by atoms with Crippen molar-refractivity contribution in [1.82, 2.24) is 0 Å². The summed E-state index contributed by atoms with van der Waals surface area (Å²) < 4.78 is 5.34. The van der Waals surface area contributed by atoms with Crippen LogP contribution in [0.1, 0.15) is 12.0 Å². The zero-order chi connectivity index (χ0) is 14.1. The van der Waals surface area contributed by atoms with Crippen LogP contribution in [0.15, 0.2) is 41.6 Å². The second kappa shape index (κ2) is 4.85. The van der Waals surface area contributed by atoms with Gasteiger partial charge in [0.1, 0.15) is 5.75 Å². The molecule has 1 unspecified atom stereocenters. The summed E-state index contributed by atoms with van der Waals surface area (Å²) in [5, 5.41) is 14.8. The van der Waals surface area contributed by atoms with Crippen LogP contribution in [-0.2, 0) is 9.63 Å². The zero-order valence-electron chi connectivity index (χ0n) is 10.9. The summed E-state index contributed by atoms with van der Waals surface area (Å²) in [5.74, 6) is -0.222. The summed E-state index contributed by atoms with van der Waals surface area (Å²) in [4.78, 5) is 15.9. The van der Waals surface area contributed by atoms with Crippen LogP contribution in [-0.4, -0.2) is 30.0 Å². The van der Waals surface area contributed by atoms with E-state index in [9.17, 15) is 4.79 Å². The molecule has 5 heteroatoms. The fourth-order valence-electron chi connectivity index (χ4n) is 2.37. The van der Waals surface area contributed by atoms with Gasteiger partial charge in [-0.05, 0) is 17.5 Å². The summed E-state index contributed by atoms with van der Waals surface area (Å²) in [5.41, 5.74) is 1.53. The number of fused-ring (bicyclic) bond motifs is 1. The quantitative estimate of drug-likeness (QED) is 0.930. The molecule has 0 saturated carbocycles. The van der Waals surface area contributed by atoms with E-state index in [0.717, 1.165) is 22.1 Å². The Labute approximate surface area is 115 Å². The van der Waals surface area contributed by atoms with Gasteiger partial charge in [-0.2, -0.15) is 0 Å². The molecule has 0 aliphatic carbocycles. The van der Waals surface area contributed by atoms with Gasteiger partial charge in [-0.15, -0.1) is 0 Å². The summed E-state index contributed by atoms with van der Waals surface area (Å²) in [6.07, 6.45) is -0.628. The third-order valence-electron chi connectivity index (χ3n) is 3.36. The molecule has 0 saturated heterocycles. The lowest BCUT2D eigenvalue weighted by Gasteiger charge is -2.09. The molecule has 0 spiro atoms. The number of ether oxygens (including phenoxy) is 1. The maximum Gasteiger partial charge on any atom is 0.348 e. The molecule has 0 fully saturated rings. The number of carboxylic acid groups (broad SMARTS) is 1. The lowest BCUT2D eigenvalue weighted by molar-refractivity contribution is -0.148. The number of nitrogens with zero attached hydrogens (tertiary/aromatic N) is 1. The first-order valence-corrected chi connectivity index (χ1v) is 6.22. The fraction of sp³-hybridized carbons (Fsp3) is 0.200. The number of rotatable bonds is 3. The van der Waals surface area contributed by atoms with E-state index < -0.39 is 12.1 Å². The summed E-state index contributed by atoms with van der Waals surface area (Å²) in [6.45, 7) is 0. The van der Waals surface area contributed by atoms with E-state index in [1.165, 1.54) is 0 Å². The Bertz CT molecular complexity index is 708. The van der Waals surface area contributed by atoms with Gasteiger partial charge in [0.25, 0.3) is 0 Å². The number of benzene rings is 2. The van der Waals surface area contributed by atoms with Crippen molar-refractivity contribution in [1.29, 1.82) is 0 Å². The molecule has 3 rings (SSSR count). The van der Waals surface area contributed by atoms with Crippen molar-refractivity contribution in [3.63, 3.8) is 0 Å². The summed E-state index contributed by atoms with van der Waals surface area (Å²) in [7, 11) is 1.62. The SMILES string of the molecule is COc1ccc(C2=NOC(C(=O)O)C2)c2ccccc12. The van der Waals surface area contributed by atoms with E-state index in [1.807, 2.05) is 36.4 Å². The van der Waals surface area contributed by atoms with Crippen LogP contribution in [0.4, 0.5) is 0 Å². The van der Waals surface area contributed by atoms with Crippen LogP contribution in [0.25, 0.3) is 10.8 Å². The Balaban J connectivity index is 2.08. The first-order chi connectivity index (χ1) is 9.70. The number of hydrogen-bond donors (Lipinski definition) is 1.